The zero-order valence-electron chi connectivity index (χ0n) is 11.4. The Morgan fingerprint density at radius 1 is 1.48 bits per heavy atom. The molecule has 118 valence electrons. The molecule has 0 bridgehead atoms. The molecule has 1 fully saturated rings. The average Bonchev–Trinajstić information content (AvgIpc) is 2.48. The van der Waals surface area contributed by atoms with Crippen LogP contribution >= 0.6 is 11.6 Å². The normalized spacial score (nSPS) is 19.7. The Hall–Kier alpha value is -0.730. The van der Waals surface area contributed by atoms with Gasteiger partial charge in [0.1, 0.15) is 10.7 Å². The molecule has 0 aromatic heterocycles. The lowest BCUT2D eigenvalue weighted by molar-refractivity contribution is 0.0568. The Morgan fingerprint density at radius 3 is 2.86 bits per heavy atom. The lowest BCUT2D eigenvalue weighted by Gasteiger charge is -2.22. The molecule has 0 aliphatic carbocycles. The number of rotatable bonds is 5. The third-order valence-electron chi connectivity index (χ3n) is 3.41. The Balaban J connectivity index is 2.17. The van der Waals surface area contributed by atoms with E-state index in [1.54, 1.807) is 0 Å². The molecule has 2 rings (SSSR count). The molecule has 1 aromatic carbocycles. The van der Waals surface area contributed by atoms with E-state index < -0.39 is 20.7 Å². The third-order valence-corrected chi connectivity index (χ3v) is 5.05. The van der Waals surface area contributed by atoms with Gasteiger partial charge in [-0.2, -0.15) is 0 Å². The summed E-state index contributed by atoms with van der Waals surface area (Å²) in [5.41, 5.74) is 5.47. The number of sulfonamides is 1. The molecule has 0 radical (unpaired) electrons. The first-order valence-electron chi connectivity index (χ1n) is 6.69. The van der Waals surface area contributed by atoms with Gasteiger partial charge in [-0.05, 0) is 30.9 Å². The molecular weight excluding hydrogens is 319 g/mol. The standard InChI is InChI=1S/C13H18ClFN2O3S/c14-11-4-10(6-16)13(15)12(5-11)21(18,19)17-7-9-2-1-3-20-8-9/h4-5,9,17H,1-3,6-8,16H2. The maximum Gasteiger partial charge on any atom is 0.243 e. The third kappa shape index (κ3) is 4.14. The number of nitrogens with two attached hydrogens (primary N) is 1. The van der Waals surface area contributed by atoms with Crippen LogP contribution in [0.5, 0.6) is 0 Å². The number of hydrogen-bond donors (Lipinski definition) is 2. The van der Waals surface area contributed by atoms with Gasteiger partial charge in [0.15, 0.2) is 0 Å². The number of halogens is 2. The van der Waals surface area contributed by atoms with Crippen LogP contribution in [0.3, 0.4) is 0 Å². The summed E-state index contributed by atoms with van der Waals surface area (Å²) >= 11 is 5.82. The summed E-state index contributed by atoms with van der Waals surface area (Å²) in [6.07, 6.45) is 1.78. The van der Waals surface area contributed by atoms with Crippen molar-refractivity contribution in [3.05, 3.63) is 28.5 Å². The van der Waals surface area contributed by atoms with E-state index in [2.05, 4.69) is 4.72 Å². The van der Waals surface area contributed by atoms with Crippen molar-refractivity contribution in [1.29, 1.82) is 0 Å². The molecule has 0 spiro atoms. The van der Waals surface area contributed by atoms with Crippen molar-refractivity contribution in [1.82, 2.24) is 4.72 Å². The van der Waals surface area contributed by atoms with Crippen molar-refractivity contribution in [2.24, 2.45) is 11.7 Å². The van der Waals surface area contributed by atoms with Crippen molar-refractivity contribution in [3.63, 3.8) is 0 Å². The highest BCUT2D eigenvalue weighted by Crippen LogP contribution is 2.24. The van der Waals surface area contributed by atoms with Crippen LogP contribution in [0.15, 0.2) is 17.0 Å². The summed E-state index contributed by atoms with van der Waals surface area (Å²) in [7, 11) is -3.97. The second kappa shape index (κ2) is 7.02. The quantitative estimate of drug-likeness (QED) is 0.856. The van der Waals surface area contributed by atoms with Crippen LogP contribution in [-0.2, 0) is 21.3 Å². The number of nitrogens with one attached hydrogen (secondary N) is 1. The largest absolute Gasteiger partial charge is 0.381 e. The summed E-state index contributed by atoms with van der Waals surface area (Å²) in [5, 5.41) is 0.137. The van der Waals surface area contributed by atoms with Gasteiger partial charge in [0.05, 0.1) is 6.61 Å². The minimum absolute atomic E-state index is 0.0730. The predicted octanol–water partition coefficient (Wildman–Crippen LogP) is 1.64. The predicted molar refractivity (Wildman–Crippen MR) is 78.0 cm³/mol. The molecule has 1 saturated heterocycles. The zero-order chi connectivity index (χ0) is 15.5. The van der Waals surface area contributed by atoms with E-state index in [-0.39, 0.29) is 29.6 Å². The molecule has 1 aromatic rings. The fourth-order valence-corrected chi connectivity index (χ4v) is 3.80. The molecule has 21 heavy (non-hydrogen) atoms. The van der Waals surface area contributed by atoms with Gasteiger partial charge in [0.25, 0.3) is 0 Å². The summed E-state index contributed by atoms with van der Waals surface area (Å²) in [5.74, 6) is -0.751. The maximum atomic E-state index is 14.1. The van der Waals surface area contributed by atoms with Crippen LogP contribution in [0.25, 0.3) is 0 Å². The van der Waals surface area contributed by atoms with Crippen LogP contribution in [-0.4, -0.2) is 28.2 Å². The molecule has 3 N–H and O–H groups in total. The summed E-state index contributed by atoms with van der Waals surface area (Å²) in [6, 6.07) is 2.42. The van der Waals surface area contributed by atoms with Gasteiger partial charge in [-0.1, -0.05) is 11.6 Å². The first-order chi connectivity index (χ1) is 9.94. The number of hydrogen-bond acceptors (Lipinski definition) is 4. The maximum absolute atomic E-state index is 14.1. The summed E-state index contributed by atoms with van der Waals surface area (Å²) in [6.45, 7) is 1.30. The molecule has 8 heteroatoms. The lowest BCUT2D eigenvalue weighted by Crippen LogP contribution is -2.33. The highest BCUT2D eigenvalue weighted by atomic mass is 35.5. The van der Waals surface area contributed by atoms with Crippen LogP contribution in [0.1, 0.15) is 18.4 Å². The molecule has 0 amide bonds. The van der Waals surface area contributed by atoms with Gasteiger partial charge in [-0.25, -0.2) is 17.5 Å². The SMILES string of the molecule is NCc1cc(Cl)cc(S(=O)(=O)NCC2CCCOC2)c1F. The van der Waals surface area contributed by atoms with E-state index in [1.165, 1.54) is 6.07 Å². The molecule has 1 aliphatic rings. The van der Waals surface area contributed by atoms with E-state index in [0.717, 1.165) is 18.9 Å². The Bertz CT molecular complexity index is 604. The molecule has 1 atom stereocenters. The van der Waals surface area contributed by atoms with Gasteiger partial charge in [-0.3, -0.25) is 0 Å². The van der Waals surface area contributed by atoms with E-state index in [1.807, 2.05) is 0 Å². The van der Waals surface area contributed by atoms with E-state index in [0.29, 0.717) is 13.2 Å². The Kier molecular flexibility index (Phi) is 5.56. The number of ether oxygens (including phenoxy) is 1. The van der Waals surface area contributed by atoms with Gasteiger partial charge in [0.2, 0.25) is 10.0 Å². The topological polar surface area (TPSA) is 81.4 Å². The fourth-order valence-electron chi connectivity index (χ4n) is 2.24. The first kappa shape index (κ1) is 16.6. The van der Waals surface area contributed by atoms with E-state index >= 15 is 0 Å². The molecule has 1 heterocycles. The fraction of sp³-hybridized carbons (Fsp3) is 0.538. The van der Waals surface area contributed by atoms with Crippen molar-refractivity contribution in [2.45, 2.75) is 24.3 Å². The smallest absolute Gasteiger partial charge is 0.243 e. The zero-order valence-corrected chi connectivity index (χ0v) is 13.0. The summed E-state index contributed by atoms with van der Waals surface area (Å²) < 4.78 is 46.3. The monoisotopic (exact) mass is 336 g/mol. The van der Waals surface area contributed by atoms with E-state index in [4.69, 9.17) is 22.1 Å². The van der Waals surface area contributed by atoms with Crippen LogP contribution in [0, 0.1) is 11.7 Å². The van der Waals surface area contributed by atoms with Crippen molar-refractivity contribution in [2.75, 3.05) is 19.8 Å². The van der Waals surface area contributed by atoms with E-state index in [9.17, 15) is 12.8 Å². The van der Waals surface area contributed by atoms with Crippen molar-refractivity contribution >= 4 is 21.6 Å². The molecule has 1 unspecified atom stereocenters. The molecule has 1 aliphatic heterocycles. The van der Waals surface area contributed by atoms with Gasteiger partial charge < -0.3 is 10.5 Å². The van der Waals surface area contributed by atoms with Crippen LogP contribution in [0.2, 0.25) is 5.02 Å². The first-order valence-corrected chi connectivity index (χ1v) is 8.55. The summed E-state index contributed by atoms with van der Waals surface area (Å²) in [4.78, 5) is -0.466. The van der Waals surface area contributed by atoms with Crippen LogP contribution in [0.4, 0.5) is 4.39 Å². The minimum Gasteiger partial charge on any atom is -0.381 e. The van der Waals surface area contributed by atoms with Gasteiger partial charge in [-0.15, -0.1) is 0 Å². The van der Waals surface area contributed by atoms with Gasteiger partial charge >= 0.3 is 0 Å². The highest BCUT2D eigenvalue weighted by molar-refractivity contribution is 7.89. The van der Waals surface area contributed by atoms with Crippen molar-refractivity contribution in [3.8, 4) is 0 Å². The Morgan fingerprint density at radius 2 is 2.24 bits per heavy atom. The molecule has 5 nitrogen and oxygen atoms in total. The minimum atomic E-state index is -3.97. The van der Waals surface area contributed by atoms with Gasteiger partial charge in [0, 0.05) is 30.3 Å². The second-order valence-corrected chi connectivity index (χ2v) is 7.19. The van der Waals surface area contributed by atoms with Crippen LogP contribution < -0.4 is 10.5 Å². The lowest BCUT2D eigenvalue weighted by atomic mass is 10.0. The Labute approximate surface area is 128 Å². The number of benzene rings is 1. The highest BCUT2D eigenvalue weighted by Gasteiger charge is 2.24. The van der Waals surface area contributed by atoms with Crippen molar-refractivity contribution < 1.29 is 17.5 Å². The molecular formula is C13H18ClFN2O3S. The second-order valence-electron chi connectivity index (χ2n) is 5.02. The molecule has 0 saturated carbocycles. The average molecular weight is 337 g/mol.